The number of hydrogen-bond donors (Lipinski definition) is 0. The highest BCUT2D eigenvalue weighted by atomic mass is 79.9. The summed E-state index contributed by atoms with van der Waals surface area (Å²) in [6.45, 7) is 3.54. The van der Waals surface area contributed by atoms with Gasteiger partial charge in [0.1, 0.15) is 0 Å². The molecule has 5 nitrogen and oxygen atoms in total. The Balaban J connectivity index is 3.12. The third kappa shape index (κ3) is 3.26. The second-order valence-corrected chi connectivity index (χ2v) is 4.35. The molecule has 1 aromatic rings. The number of carbonyl (C=O) groups is 1. The first-order valence-corrected chi connectivity index (χ1v) is 5.87. The minimum absolute atomic E-state index is 0.0834. The molecule has 1 atom stereocenters. The van der Waals surface area contributed by atoms with Crippen molar-refractivity contribution in [1.82, 2.24) is 0 Å². The number of ether oxygens (including phenoxy) is 1. The molecule has 0 saturated heterocycles. The van der Waals surface area contributed by atoms with Gasteiger partial charge in [-0.25, -0.2) is 0 Å². The maximum atomic E-state index is 11.5. The first-order valence-electron chi connectivity index (χ1n) is 5.07. The van der Waals surface area contributed by atoms with Crippen LogP contribution in [0.4, 0.5) is 5.69 Å². The first kappa shape index (κ1) is 13.6. The van der Waals surface area contributed by atoms with Gasteiger partial charge in [-0.1, -0.05) is 22.0 Å². The van der Waals surface area contributed by atoms with Crippen LogP contribution >= 0.6 is 15.9 Å². The molecule has 0 aliphatic rings. The summed E-state index contributed by atoms with van der Waals surface area (Å²) < 4.78 is 5.45. The standard InChI is InChI=1S/C11H12BrNO4/c1-3-17-11(14)7(2)9-5-4-8(12)6-10(9)13(15)16/h4-7H,3H2,1-2H3. The van der Waals surface area contributed by atoms with E-state index in [9.17, 15) is 14.9 Å². The molecule has 6 heteroatoms. The van der Waals surface area contributed by atoms with Gasteiger partial charge in [-0.15, -0.1) is 0 Å². The molecule has 0 spiro atoms. The number of nitro benzene ring substituents is 1. The van der Waals surface area contributed by atoms with Gasteiger partial charge in [0.2, 0.25) is 0 Å². The van der Waals surface area contributed by atoms with Crippen LogP contribution in [0.1, 0.15) is 25.3 Å². The maximum absolute atomic E-state index is 11.5. The Bertz CT molecular complexity index is 447. The van der Waals surface area contributed by atoms with Gasteiger partial charge in [-0.3, -0.25) is 14.9 Å². The minimum atomic E-state index is -0.650. The molecule has 0 aliphatic heterocycles. The summed E-state index contributed by atoms with van der Waals surface area (Å²) in [6.07, 6.45) is 0. The number of esters is 1. The first-order chi connectivity index (χ1) is 7.97. The molecule has 0 fully saturated rings. The van der Waals surface area contributed by atoms with E-state index in [-0.39, 0.29) is 12.3 Å². The Morgan fingerprint density at radius 2 is 2.24 bits per heavy atom. The minimum Gasteiger partial charge on any atom is -0.466 e. The predicted molar refractivity (Wildman–Crippen MR) is 65.8 cm³/mol. The van der Waals surface area contributed by atoms with Crippen molar-refractivity contribution in [2.24, 2.45) is 0 Å². The van der Waals surface area contributed by atoms with Crippen molar-refractivity contribution in [1.29, 1.82) is 0 Å². The van der Waals surface area contributed by atoms with Gasteiger partial charge in [-0.2, -0.15) is 0 Å². The van der Waals surface area contributed by atoms with E-state index in [1.54, 1.807) is 26.0 Å². The molecule has 0 aliphatic carbocycles. The summed E-state index contributed by atoms with van der Waals surface area (Å²) in [6, 6.07) is 4.60. The molecule has 0 saturated carbocycles. The molecule has 17 heavy (non-hydrogen) atoms. The van der Waals surface area contributed by atoms with E-state index in [0.29, 0.717) is 10.0 Å². The Hall–Kier alpha value is -1.43. The molecule has 92 valence electrons. The number of halogens is 1. The second-order valence-electron chi connectivity index (χ2n) is 3.43. The summed E-state index contributed by atoms with van der Waals surface area (Å²) in [7, 11) is 0. The Labute approximate surface area is 107 Å². The van der Waals surface area contributed by atoms with Crippen molar-refractivity contribution in [3.63, 3.8) is 0 Å². The summed E-state index contributed by atoms with van der Waals surface area (Å²) in [5, 5.41) is 10.9. The summed E-state index contributed by atoms with van der Waals surface area (Å²) >= 11 is 3.16. The summed E-state index contributed by atoms with van der Waals surface area (Å²) in [5.74, 6) is -1.11. The fourth-order valence-electron chi connectivity index (χ4n) is 1.44. The lowest BCUT2D eigenvalue weighted by Crippen LogP contribution is -2.14. The third-order valence-electron chi connectivity index (χ3n) is 2.30. The van der Waals surface area contributed by atoms with Crippen molar-refractivity contribution < 1.29 is 14.5 Å². The van der Waals surface area contributed by atoms with Crippen LogP contribution in [-0.2, 0) is 9.53 Å². The predicted octanol–water partition coefficient (Wildman–Crippen LogP) is 3.02. The van der Waals surface area contributed by atoms with Crippen LogP contribution in [0, 0.1) is 10.1 Å². The fraction of sp³-hybridized carbons (Fsp3) is 0.364. The Morgan fingerprint density at radius 1 is 1.59 bits per heavy atom. The van der Waals surface area contributed by atoms with Gasteiger partial charge >= 0.3 is 5.97 Å². The van der Waals surface area contributed by atoms with E-state index in [1.165, 1.54) is 6.07 Å². The fourth-order valence-corrected chi connectivity index (χ4v) is 1.78. The van der Waals surface area contributed by atoms with Gasteiger partial charge in [0.15, 0.2) is 0 Å². The molecule has 0 aromatic heterocycles. The van der Waals surface area contributed by atoms with E-state index >= 15 is 0 Å². The molecule has 0 radical (unpaired) electrons. The van der Waals surface area contributed by atoms with Crippen LogP contribution < -0.4 is 0 Å². The second kappa shape index (κ2) is 5.77. The molecule has 1 aromatic carbocycles. The van der Waals surface area contributed by atoms with Crippen molar-refractivity contribution in [2.45, 2.75) is 19.8 Å². The number of nitrogens with zero attached hydrogens (tertiary/aromatic N) is 1. The van der Waals surface area contributed by atoms with Crippen LogP contribution in [0.3, 0.4) is 0 Å². The van der Waals surface area contributed by atoms with Crippen LogP contribution in [0.5, 0.6) is 0 Å². The van der Waals surface area contributed by atoms with Crippen LogP contribution in [-0.4, -0.2) is 17.5 Å². The van der Waals surface area contributed by atoms with E-state index < -0.39 is 16.8 Å². The van der Waals surface area contributed by atoms with Gasteiger partial charge in [-0.05, 0) is 19.9 Å². The summed E-state index contributed by atoms with van der Waals surface area (Å²) in [4.78, 5) is 21.9. The summed E-state index contributed by atoms with van der Waals surface area (Å²) in [5.41, 5.74) is 0.275. The van der Waals surface area contributed by atoms with E-state index in [2.05, 4.69) is 15.9 Å². The van der Waals surface area contributed by atoms with Crippen molar-refractivity contribution >= 4 is 27.6 Å². The maximum Gasteiger partial charge on any atom is 0.313 e. The van der Waals surface area contributed by atoms with Gasteiger partial charge in [0.25, 0.3) is 5.69 Å². The highest BCUT2D eigenvalue weighted by Gasteiger charge is 2.25. The van der Waals surface area contributed by atoms with Crippen molar-refractivity contribution in [2.75, 3.05) is 6.61 Å². The van der Waals surface area contributed by atoms with Crippen LogP contribution in [0.2, 0.25) is 0 Å². The largest absolute Gasteiger partial charge is 0.466 e. The van der Waals surface area contributed by atoms with Gasteiger partial charge in [0, 0.05) is 16.1 Å². The lowest BCUT2D eigenvalue weighted by atomic mass is 9.99. The molecule has 0 bridgehead atoms. The topological polar surface area (TPSA) is 69.4 Å². The number of hydrogen-bond acceptors (Lipinski definition) is 4. The van der Waals surface area contributed by atoms with E-state index in [4.69, 9.17) is 4.74 Å². The number of rotatable bonds is 4. The normalized spacial score (nSPS) is 11.9. The Morgan fingerprint density at radius 3 is 2.76 bits per heavy atom. The Kier molecular flexibility index (Phi) is 4.62. The quantitative estimate of drug-likeness (QED) is 0.487. The molecular weight excluding hydrogens is 290 g/mol. The number of carbonyl (C=O) groups excluding carboxylic acids is 1. The lowest BCUT2D eigenvalue weighted by molar-refractivity contribution is -0.385. The molecule has 0 amide bonds. The smallest absolute Gasteiger partial charge is 0.313 e. The average molecular weight is 302 g/mol. The zero-order chi connectivity index (χ0) is 13.0. The van der Waals surface area contributed by atoms with Crippen molar-refractivity contribution in [3.8, 4) is 0 Å². The highest BCUT2D eigenvalue weighted by molar-refractivity contribution is 9.10. The zero-order valence-corrected chi connectivity index (χ0v) is 11.1. The van der Waals surface area contributed by atoms with Crippen molar-refractivity contribution in [3.05, 3.63) is 38.3 Å². The monoisotopic (exact) mass is 301 g/mol. The molecular formula is C11H12BrNO4. The van der Waals surface area contributed by atoms with Crippen LogP contribution in [0.25, 0.3) is 0 Å². The molecule has 0 N–H and O–H groups in total. The van der Waals surface area contributed by atoms with Crippen LogP contribution in [0.15, 0.2) is 22.7 Å². The molecule has 0 heterocycles. The van der Waals surface area contributed by atoms with E-state index in [1.807, 2.05) is 0 Å². The highest BCUT2D eigenvalue weighted by Crippen LogP contribution is 2.30. The molecule has 1 rings (SSSR count). The molecule has 1 unspecified atom stereocenters. The zero-order valence-electron chi connectivity index (χ0n) is 9.47. The van der Waals surface area contributed by atoms with Gasteiger partial charge in [0.05, 0.1) is 17.4 Å². The number of nitro groups is 1. The number of benzene rings is 1. The lowest BCUT2D eigenvalue weighted by Gasteiger charge is -2.11. The SMILES string of the molecule is CCOC(=O)C(C)c1ccc(Br)cc1[N+](=O)[O-]. The third-order valence-corrected chi connectivity index (χ3v) is 2.79. The van der Waals surface area contributed by atoms with Gasteiger partial charge < -0.3 is 4.74 Å². The van der Waals surface area contributed by atoms with E-state index in [0.717, 1.165) is 0 Å². The average Bonchev–Trinajstić information content (AvgIpc) is 2.28.